The van der Waals surface area contributed by atoms with Gasteiger partial charge in [0.2, 0.25) is 17.5 Å². The zero-order valence-corrected chi connectivity index (χ0v) is 36.2. The van der Waals surface area contributed by atoms with Gasteiger partial charge in [-0.15, -0.1) is 0 Å². The van der Waals surface area contributed by atoms with E-state index < -0.39 is 56.5 Å². The number of hydrogen-bond donors (Lipinski definition) is 5. The summed E-state index contributed by atoms with van der Waals surface area (Å²) in [4.78, 5) is 50.0. The first kappa shape index (κ1) is 49.3. The van der Waals surface area contributed by atoms with Crippen molar-refractivity contribution in [2.24, 2.45) is 11.8 Å². The maximum absolute atomic E-state index is 14.1. The third-order valence-corrected chi connectivity index (χ3v) is 12.2. The molecule has 0 radical (unpaired) electrons. The maximum atomic E-state index is 14.1. The van der Waals surface area contributed by atoms with Crippen molar-refractivity contribution in [1.29, 1.82) is 0 Å². The van der Waals surface area contributed by atoms with E-state index in [4.69, 9.17) is 11.5 Å². The molecule has 27 heteroatoms. The van der Waals surface area contributed by atoms with E-state index >= 15 is 0 Å². The van der Waals surface area contributed by atoms with Crippen LogP contribution < -0.4 is 16.8 Å². The fourth-order valence-corrected chi connectivity index (χ4v) is 8.57. The Hall–Kier alpha value is -7.65. The van der Waals surface area contributed by atoms with Crippen LogP contribution in [0, 0.1) is 32.1 Å². The van der Waals surface area contributed by atoms with Gasteiger partial charge >= 0.3 is 23.7 Å². The van der Waals surface area contributed by atoms with Crippen LogP contribution in [0.25, 0.3) is 33.9 Å². The second kappa shape index (κ2) is 19.2. The Morgan fingerprint density at radius 1 is 0.667 bits per heavy atom. The van der Waals surface area contributed by atoms with Gasteiger partial charge in [-0.05, 0) is 63.0 Å². The van der Waals surface area contributed by atoms with Crippen LogP contribution >= 0.6 is 0 Å². The van der Waals surface area contributed by atoms with Crippen LogP contribution in [0.15, 0.2) is 86.0 Å². The van der Waals surface area contributed by atoms with Gasteiger partial charge in [0, 0.05) is 91.3 Å². The van der Waals surface area contributed by atoms with Crippen molar-refractivity contribution < 1.29 is 51.2 Å². The lowest BCUT2D eigenvalue weighted by molar-refractivity contribution is -0.383. The molecule has 0 bridgehead atoms. The Morgan fingerprint density at radius 3 is 1.42 bits per heavy atom. The summed E-state index contributed by atoms with van der Waals surface area (Å²) in [6.45, 7) is 2.35. The summed E-state index contributed by atoms with van der Waals surface area (Å²) in [7, 11) is 0. The van der Waals surface area contributed by atoms with Crippen molar-refractivity contribution in [1.82, 2.24) is 49.7 Å². The number of hydrogen-bond acceptors (Lipinski definition) is 16. The molecule has 8 rings (SSSR count). The number of nitro groups is 2. The van der Waals surface area contributed by atoms with Crippen LogP contribution in [0.3, 0.4) is 0 Å². The number of amides is 1. The molecule has 6 aromatic heterocycles. The van der Waals surface area contributed by atoms with E-state index in [1.807, 2.05) is 0 Å². The number of aromatic nitrogens is 8. The molecule has 2 aliphatic heterocycles. The number of likely N-dealkylation sites (tertiary alicyclic amines) is 1. The summed E-state index contributed by atoms with van der Waals surface area (Å²) in [5, 5.41) is 55.6. The average Bonchev–Trinajstić information content (AvgIpc) is 4.02. The Balaban J connectivity index is 0.000000205. The van der Waals surface area contributed by atoms with Gasteiger partial charge < -0.3 is 31.9 Å². The quantitative estimate of drug-likeness (QED) is 0.0652. The van der Waals surface area contributed by atoms with Crippen molar-refractivity contribution >= 4 is 28.9 Å². The molecule has 0 aromatic carbocycles. The van der Waals surface area contributed by atoms with E-state index in [0.29, 0.717) is 24.2 Å². The molecular weight excluding hydrogens is 927 g/mol. The van der Waals surface area contributed by atoms with Crippen molar-refractivity contribution in [3.8, 4) is 33.9 Å². The number of nitrogens with zero attached hydrogens (tertiary/aromatic N) is 11. The summed E-state index contributed by atoms with van der Waals surface area (Å²) in [6.07, 6.45) is 0.531. The van der Waals surface area contributed by atoms with Crippen LogP contribution in [0.1, 0.15) is 43.7 Å². The number of nitrogens with two attached hydrogens (primary N) is 2. The number of alkyl halides is 6. The predicted octanol–water partition coefficient (Wildman–Crippen LogP) is 5.40. The zero-order chi connectivity index (χ0) is 50.1. The van der Waals surface area contributed by atoms with Crippen LogP contribution in [-0.4, -0.2) is 109 Å². The lowest BCUT2D eigenvalue weighted by atomic mass is 9.76. The zero-order valence-electron chi connectivity index (χ0n) is 36.2. The minimum Gasteiger partial charge on any atom is -0.378 e. The number of carbonyl (C=O) groups excluding carboxylic acids is 1. The molecule has 2 unspecified atom stereocenters. The largest absolute Gasteiger partial charge is 0.421 e. The molecular formula is C42H42F6N14O7. The van der Waals surface area contributed by atoms with Crippen LogP contribution in [0.4, 0.5) is 49.4 Å². The molecule has 0 aliphatic carbocycles. The summed E-state index contributed by atoms with van der Waals surface area (Å²) in [5.74, 6) is -2.61. The molecule has 2 atom stereocenters. The second-order valence-electron chi connectivity index (χ2n) is 16.2. The summed E-state index contributed by atoms with van der Waals surface area (Å²) >= 11 is 0. The third kappa shape index (κ3) is 9.59. The highest BCUT2D eigenvalue weighted by molar-refractivity contribution is 5.79. The van der Waals surface area contributed by atoms with Gasteiger partial charge in [0.1, 0.15) is 0 Å². The number of nitrogen functional groups attached to an aromatic ring is 2. The Morgan fingerprint density at radius 2 is 1.07 bits per heavy atom. The summed E-state index contributed by atoms with van der Waals surface area (Å²) < 4.78 is 86.7. The highest BCUT2D eigenvalue weighted by Crippen LogP contribution is 2.49. The van der Waals surface area contributed by atoms with E-state index in [0.717, 1.165) is 18.5 Å². The topological polar surface area (TPSA) is 298 Å². The van der Waals surface area contributed by atoms with Crippen molar-refractivity contribution in [2.75, 3.05) is 37.6 Å². The molecule has 2 saturated heterocycles. The van der Waals surface area contributed by atoms with Gasteiger partial charge in [-0.3, -0.25) is 25.0 Å². The molecule has 0 saturated carbocycles. The van der Waals surface area contributed by atoms with Crippen molar-refractivity contribution in [2.45, 2.75) is 56.2 Å². The van der Waals surface area contributed by atoms with E-state index in [2.05, 4.69) is 35.5 Å². The summed E-state index contributed by atoms with van der Waals surface area (Å²) in [6, 6.07) is 7.68. The normalized spacial score (nSPS) is 16.7. The molecule has 2 fully saturated rings. The van der Waals surface area contributed by atoms with Crippen molar-refractivity contribution in [3.63, 3.8) is 0 Å². The predicted molar refractivity (Wildman–Crippen MR) is 232 cm³/mol. The van der Waals surface area contributed by atoms with Crippen LogP contribution in [0.5, 0.6) is 0 Å². The molecule has 364 valence electrons. The van der Waals surface area contributed by atoms with E-state index in [9.17, 15) is 61.6 Å². The van der Waals surface area contributed by atoms with Gasteiger partial charge in [0.05, 0.1) is 33.4 Å². The lowest BCUT2D eigenvalue weighted by Crippen LogP contribution is -2.52. The van der Waals surface area contributed by atoms with E-state index in [1.165, 1.54) is 88.7 Å². The molecule has 0 spiro atoms. The average molecular weight is 969 g/mol. The number of carbonyl (C=O) groups is 1. The third-order valence-electron chi connectivity index (χ3n) is 12.2. The minimum atomic E-state index is -4.97. The van der Waals surface area contributed by atoms with Gasteiger partial charge in [-0.25, -0.2) is 29.3 Å². The van der Waals surface area contributed by atoms with Gasteiger partial charge in [0.15, 0.2) is 22.8 Å². The minimum absolute atomic E-state index is 0.0201. The molecule has 6 aromatic rings. The highest BCUT2D eigenvalue weighted by atomic mass is 19.4. The first-order chi connectivity index (χ1) is 32.6. The molecule has 69 heavy (non-hydrogen) atoms. The fourth-order valence-electron chi connectivity index (χ4n) is 8.57. The van der Waals surface area contributed by atoms with Gasteiger partial charge in [0.25, 0.3) is 0 Å². The SMILES string of the molecule is CC(=O)N1CCC(C(O)(c2ccc(-n3cc(-c4ccnc(N)c4[N+](=O)[O-])cn3)nc2)C(F)(F)F)CC1.Nc1nccc(-c2cnn(-c3ccc(C(O)(C4CCNCC4)C(F)(F)F)cn3)c2)c1[N+](=O)[O-]. The first-order valence-electron chi connectivity index (χ1n) is 20.9. The van der Waals surface area contributed by atoms with Crippen LogP contribution in [-0.2, 0) is 16.0 Å². The number of halogens is 6. The highest BCUT2D eigenvalue weighted by Gasteiger charge is 2.61. The van der Waals surface area contributed by atoms with Gasteiger partial charge in [-0.1, -0.05) is 12.1 Å². The molecule has 1 amide bonds. The lowest BCUT2D eigenvalue weighted by Gasteiger charge is -2.42. The number of anilines is 2. The standard InChI is InChI=1S/C22H22F3N7O4.C20H20F3N7O3/c1-13(33)30-8-5-15(6-9-30)21(34,22(23,24)25)16-2-3-18(28-11-16)31-12-14(10-29-31)17-4-7-27-20(26)19(17)32(35)36;21-20(22,23)19(31,13-3-6-25-7-4-13)14-1-2-16(27-10-14)29-11-12(9-28-29)15-5-8-26-18(24)17(15)30(32)33/h2-4,7,10-12,15,34H,5-6,8-9H2,1H3,(H2,26,27);1-2,5,8-11,13,25,31H,3-4,6-7H2,(H2,24,26). The molecule has 2 aliphatic rings. The number of piperidine rings is 2. The molecule has 7 N–H and O–H groups in total. The first-order valence-corrected chi connectivity index (χ1v) is 20.9. The Kier molecular flexibility index (Phi) is 13.7. The van der Waals surface area contributed by atoms with E-state index in [-0.39, 0.29) is 90.3 Å². The van der Waals surface area contributed by atoms with Gasteiger partial charge in [-0.2, -0.15) is 36.5 Å². The Labute approximate surface area is 386 Å². The number of aliphatic hydroxyl groups is 2. The van der Waals surface area contributed by atoms with E-state index in [1.54, 1.807) is 0 Å². The summed E-state index contributed by atoms with van der Waals surface area (Å²) in [5.41, 5.74) is 4.55. The van der Waals surface area contributed by atoms with Crippen molar-refractivity contribution in [3.05, 3.63) is 117 Å². The second-order valence-corrected chi connectivity index (χ2v) is 16.2. The van der Waals surface area contributed by atoms with Crippen LogP contribution in [0.2, 0.25) is 0 Å². The Bertz CT molecular complexity index is 2830. The smallest absolute Gasteiger partial charge is 0.378 e. The number of rotatable bonds is 10. The molecule has 8 heterocycles. The monoisotopic (exact) mass is 968 g/mol. The molecule has 21 nitrogen and oxygen atoms in total. The maximum Gasteiger partial charge on any atom is 0.421 e. The number of nitrogens with one attached hydrogen (secondary N) is 1. The number of pyridine rings is 4. The fraction of sp³-hybridized carbons (Fsp3) is 0.357.